The van der Waals surface area contributed by atoms with E-state index in [1.807, 2.05) is 39.8 Å². The van der Waals surface area contributed by atoms with Crippen molar-refractivity contribution in [1.82, 2.24) is 20.0 Å². The topological polar surface area (TPSA) is 50.2 Å². The predicted molar refractivity (Wildman–Crippen MR) is 90.3 cm³/mol. The first-order chi connectivity index (χ1) is 9.33. The van der Waals surface area contributed by atoms with E-state index < -0.39 is 0 Å². The summed E-state index contributed by atoms with van der Waals surface area (Å²) in [4.78, 5) is 14.3. The van der Waals surface area contributed by atoms with Crippen LogP contribution in [0.15, 0.2) is 18.5 Å². The maximum Gasteiger partial charge on any atom is 0.240 e. The van der Waals surface area contributed by atoms with Gasteiger partial charge in [0.15, 0.2) is 0 Å². The number of hydrogen-bond donors (Lipinski definition) is 1. The van der Waals surface area contributed by atoms with Crippen molar-refractivity contribution in [3.05, 3.63) is 18.5 Å². The second-order valence-corrected chi connectivity index (χ2v) is 6.30. The summed E-state index contributed by atoms with van der Waals surface area (Å²) in [5, 5.41) is 7.51. The Hall–Kier alpha value is -0.430. The minimum Gasteiger partial charge on any atom is -0.341 e. The Balaban J connectivity index is 0.00000110. The van der Waals surface area contributed by atoms with Gasteiger partial charge in [0.25, 0.3) is 0 Å². The molecular weight excluding hydrogens is 331 g/mol. The van der Waals surface area contributed by atoms with E-state index in [0.717, 1.165) is 44.1 Å². The fourth-order valence-electron chi connectivity index (χ4n) is 2.78. The first kappa shape index (κ1) is 18.6. The van der Waals surface area contributed by atoms with Gasteiger partial charge in [-0.3, -0.25) is 14.8 Å². The van der Waals surface area contributed by atoms with Gasteiger partial charge < -0.3 is 4.90 Å². The van der Waals surface area contributed by atoms with Gasteiger partial charge in [-0.05, 0) is 24.8 Å². The van der Waals surface area contributed by atoms with E-state index in [2.05, 4.69) is 10.4 Å². The number of piperidine rings is 1. The molecule has 120 valence electrons. The summed E-state index contributed by atoms with van der Waals surface area (Å²) in [6, 6.07) is 2.01. The molecule has 0 bridgehead atoms. The summed E-state index contributed by atoms with van der Waals surface area (Å²) in [5.74, 6) is 2.77. The molecule has 1 unspecified atom stereocenters. The molecule has 8 heteroatoms. The van der Waals surface area contributed by atoms with E-state index >= 15 is 0 Å². The molecule has 2 saturated heterocycles. The van der Waals surface area contributed by atoms with Crippen LogP contribution in [-0.2, 0) is 11.3 Å². The summed E-state index contributed by atoms with van der Waals surface area (Å²) in [6.45, 7) is 2.77. The zero-order valence-electron chi connectivity index (χ0n) is 11.8. The molecule has 1 N–H and O–H groups in total. The summed E-state index contributed by atoms with van der Waals surface area (Å²) in [6.07, 6.45) is 6.01. The van der Waals surface area contributed by atoms with Crippen LogP contribution in [-0.4, -0.2) is 51.3 Å². The summed E-state index contributed by atoms with van der Waals surface area (Å²) >= 11 is 1.81. The minimum atomic E-state index is 0. The van der Waals surface area contributed by atoms with E-state index in [1.54, 1.807) is 0 Å². The number of nitrogens with one attached hydrogen (secondary N) is 1. The van der Waals surface area contributed by atoms with E-state index in [1.165, 1.54) is 0 Å². The number of nitrogens with zero attached hydrogens (tertiary/aromatic N) is 3. The second kappa shape index (κ2) is 8.88. The maximum absolute atomic E-state index is 12.3. The van der Waals surface area contributed by atoms with Gasteiger partial charge in [-0.25, -0.2) is 0 Å². The van der Waals surface area contributed by atoms with Gasteiger partial charge in [0.1, 0.15) is 0 Å². The van der Waals surface area contributed by atoms with Crippen molar-refractivity contribution in [1.29, 1.82) is 0 Å². The molecule has 0 radical (unpaired) electrons. The highest BCUT2D eigenvalue weighted by molar-refractivity contribution is 7.99. The maximum atomic E-state index is 12.3. The van der Waals surface area contributed by atoms with Crippen LogP contribution in [0.2, 0.25) is 0 Å². The molecule has 2 aliphatic rings. The Labute approximate surface area is 142 Å². The Kier molecular flexibility index (Phi) is 7.87. The van der Waals surface area contributed by atoms with Crippen LogP contribution in [0.5, 0.6) is 0 Å². The number of carbonyl (C=O) groups is 1. The van der Waals surface area contributed by atoms with Crippen LogP contribution >= 0.6 is 36.6 Å². The van der Waals surface area contributed by atoms with Crippen LogP contribution in [0, 0.1) is 5.92 Å². The smallest absolute Gasteiger partial charge is 0.240 e. The van der Waals surface area contributed by atoms with Gasteiger partial charge >= 0.3 is 0 Å². The highest BCUT2D eigenvalue weighted by Gasteiger charge is 2.30. The molecule has 2 aliphatic heterocycles. The number of likely N-dealkylation sites (tertiary alicyclic amines) is 1. The van der Waals surface area contributed by atoms with Gasteiger partial charge in [0.2, 0.25) is 5.91 Å². The van der Waals surface area contributed by atoms with Crippen LogP contribution in [0.25, 0.3) is 0 Å². The third-order valence-electron chi connectivity index (χ3n) is 3.95. The van der Waals surface area contributed by atoms with E-state index in [0.29, 0.717) is 11.8 Å². The normalized spacial score (nSPS) is 22.5. The lowest BCUT2D eigenvalue weighted by molar-refractivity contribution is -0.134. The molecule has 21 heavy (non-hydrogen) atoms. The third kappa shape index (κ3) is 4.77. The van der Waals surface area contributed by atoms with Crippen LogP contribution in [0.1, 0.15) is 12.8 Å². The molecule has 0 aliphatic carbocycles. The largest absolute Gasteiger partial charge is 0.341 e. The highest BCUT2D eigenvalue weighted by atomic mass is 35.5. The molecule has 0 saturated carbocycles. The lowest BCUT2D eigenvalue weighted by Crippen LogP contribution is -2.48. The zero-order chi connectivity index (χ0) is 13.1. The number of aromatic nitrogens is 2. The molecule has 0 aromatic carbocycles. The monoisotopic (exact) mass is 352 g/mol. The highest BCUT2D eigenvalue weighted by Crippen LogP contribution is 2.21. The first-order valence-electron chi connectivity index (χ1n) is 6.90. The van der Waals surface area contributed by atoms with Crippen LogP contribution in [0.3, 0.4) is 0 Å². The number of carbonyl (C=O) groups excluding carboxylic acids is 1. The Bertz CT molecular complexity index is 418. The predicted octanol–water partition coefficient (Wildman–Crippen LogP) is 1.63. The van der Waals surface area contributed by atoms with Crippen molar-refractivity contribution in [2.75, 3.05) is 24.7 Å². The fourth-order valence-corrected chi connectivity index (χ4v) is 3.72. The number of amides is 1. The molecule has 3 heterocycles. The second-order valence-electron chi connectivity index (χ2n) is 5.27. The molecule has 1 atom stereocenters. The minimum absolute atomic E-state index is 0. The molecule has 1 aromatic heterocycles. The molecule has 1 amide bonds. The average Bonchev–Trinajstić information content (AvgIpc) is 3.12. The molecule has 1 aromatic rings. The Morgan fingerprint density at radius 1 is 1.33 bits per heavy atom. The molecule has 3 rings (SSSR count). The average molecular weight is 353 g/mol. The van der Waals surface area contributed by atoms with Crippen molar-refractivity contribution < 1.29 is 4.79 Å². The van der Waals surface area contributed by atoms with Gasteiger partial charge in [-0.1, -0.05) is 0 Å². The van der Waals surface area contributed by atoms with Crippen molar-refractivity contribution in [3.8, 4) is 0 Å². The van der Waals surface area contributed by atoms with Crippen molar-refractivity contribution in [2.24, 2.45) is 5.92 Å². The van der Waals surface area contributed by atoms with Crippen molar-refractivity contribution >= 4 is 42.5 Å². The molecule has 0 spiro atoms. The standard InChI is InChI=1S/C13H20N4OS.2ClH/c18-13(12-9-19-10-14-12)16-6-2-11(3-7-16)8-17-5-1-4-15-17;;/h1,4-5,11-12,14H,2-3,6-10H2;2*1H. The van der Waals surface area contributed by atoms with Gasteiger partial charge in [-0.15, -0.1) is 36.6 Å². The SMILES string of the molecule is Cl.Cl.O=C(C1CSCN1)N1CCC(Cn2cccn2)CC1. The van der Waals surface area contributed by atoms with Gasteiger partial charge in [0.05, 0.1) is 6.04 Å². The number of hydrogen-bond acceptors (Lipinski definition) is 4. The summed E-state index contributed by atoms with van der Waals surface area (Å²) in [5.41, 5.74) is 0. The lowest BCUT2D eigenvalue weighted by Gasteiger charge is -2.33. The lowest BCUT2D eigenvalue weighted by atomic mass is 9.96. The van der Waals surface area contributed by atoms with Crippen molar-refractivity contribution in [2.45, 2.75) is 25.4 Å². The quantitative estimate of drug-likeness (QED) is 0.898. The third-order valence-corrected chi connectivity index (χ3v) is 4.88. The zero-order valence-corrected chi connectivity index (χ0v) is 14.3. The first-order valence-corrected chi connectivity index (χ1v) is 8.06. The van der Waals surface area contributed by atoms with Gasteiger partial charge in [0, 0.05) is 43.7 Å². The molecule has 5 nitrogen and oxygen atoms in total. The summed E-state index contributed by atoms with van der Waals surface area (Å²) < 4.78 is 2.00. The van der Waals surface area contributed by atoms with Crippen molar-refractivity contribution in [3.63, 3.8) is 0 Å². The van der Waals surface area contributed by atoms with Crippen LogP contribution in [0.4, 0.5) is 0 Å². The van der Waals surface area contributed by atoms with E-state index in [-0.39, 0.29) is 30.9 Å². The fraction of sp³-hybridized carbons (Fsp3) is 0.692. The van der Waals surface area contributed by atoms with Crippen LogP contribution < -0.4 is 5.32 Å². The number of thioether (sulfide) groups is 1. The number of halogens is 2. The van der Waals surface area contributed by atoms with E-state index in [9.17, 15) is 4.79 Å². The van der Waals surface area contributed by atoms with E-state index in [4.69, 9.17) is 0 Å². The Morgan fingerprint density at radius 2 is 2.10 bits per heavy atom. The summed E-state index contributed by atoms with van der Waals surface area (Å²) in [7, 11) is 0. The number of rotatable bonds is 3. The van der Waals surface area contributed by atoms with Gasteiger partial charge in [-0.2, -0.15) is 5.10 Å². The molecule has 2 fully saturated rings. The Morgan fingerprint density at radius 3 is 2.67 bits per heavy atom. The molecular formula is C13H22Cl2N4OS.